The molecule has 12 heteroatoms. The van der Waals surface area contributed by atoms with Gasteiger partial charge in [-0.2, -0.15) is 4.91 Å². The highest BCUT2D eigenvalue weighted by atomic mass is 19.1. The van der Waals surface area contributed by atoms with Gasteiger partial charge in [0.15, 0.2) is 0 Å². The number of piperazine rings is 1. The molecule has 4 aromatic rings. The van der Waals surface area contributed by atoms with Gasteiger partial charge in [-0.3, -0.25) is 9.69 Å². The minimum atomic E-state index is -1.51. The summed E-state index contributed by atoms with van der Waals surface area (Å²) in [5, 5.41) is 12.7. The third-order valence-corrected chi connectivity index (χ3v) is 7.31. The lowest BCUT2D eigenvalue weighted by atomic mass is 10.1. The Labute approximate surface area is 233 Å². The number of fused-ring (bicyclic) bond motifs is 1. The van der Waals surface area contributed by atoms with Gasteiger partial charge in [0.2, 0.25) is 5.43 Å². The predicted molar refractivity (Wildman–Crippen MR) is 151 cm³/mol. The zero-order valence-corrected chi connectivity index (χ0v) is 22.1. The highest BCUT2D eigenvalue weighted by Gasteiger charge is 2.25. The van der Waals surface area contributed by atoms with Gasteiger partial charge in [-0.1, -0.05) is 17.3 Å². The standard InChI is InChI=1S/C29H27F2N5O5/c1-41-19-5-2-17(3-6-19)24(33-40)16-34-8-10-35(11-9-34)27-14-26-20(13-23(27)31)28(37)21(29(38)39)15-36(26)25-7-4-18(32)12-22(25)30/h2-7,12-15,24H,8-11,16,32H2,1H3,(H,38,39). The molecule has 1 atom stereocenters. The van der Waals surface area contributed by atoms with Gasteiger partial charge in [-0.25, -0.2) is 13.6 Å². The fraction of sp³-hybridized carbons (Fsp3) is 0.241. The smallest absolute Gasteiger partial charge is 0.341 e. The Kier molecular flexibility index (Phi) is 7.66. The monoisotopic (exact) mass is 563 g/mol. The molecule has 0 bridgehead atoms. The average Bonchev–Trinajstić information content (AvgIpc) is 2.97. The van der Waals surface area contributed by atoms with Crippen LogP contribution in [0.25, 0.3) is 16.6 Å². The van der Waals surface area contributed by atoms with Crippen molar-refractivity contribution in [2.24, 2.45) is 5.18 Å². The molecule has 0 saturated carbocycles. The number of aromatic nitrogens is 1. The van der Waals surface area contributed by atoms with Crippen LogP contribution in [-0.4, -0.2) is 60.4 Å². The van der Waals surface area contributed by atoms with E-state index >= 15 is 4.39 Å². The number of nitrogens with zero attached hydrogens (tertiary/aromatic N) is 4. The molecule has 212 valence electrons. The predicted octanol–water partition coefficient (Wildman–Crippen LogP) is 4.19. The maximum absolute atomic E-state index is 15.4. The quantitative estimate of drug-likeness (QED) is 0.241. The second kappa shape index (κ2) is 11.3. The highest BCUT2D eigenvalue weighted by molar-refractivity contribution is 5.94. The van der Waals surface area contributed by atoms with E-state index in [0.717, 1.165) is 23.9 Å². The maximum atomic E-state index is 15.4. The van der Waals surface area contributed by atoms with Crippen LogP contribution in [0.15, 0.2) is 70.8 Å². The second-order valence-electron chi connectivity index (χ2n) is 9.76. The molecule has 1 saturated heterocycles. The van der Waals surface area contributed by atoms with Crippen molar-refractivity contribution in [3.63, 3.8) is 0 Å². The van der Waals surface area contributed by atoms with Gasteiger partial charge >= 0.3 is 5.97 Å². The molecule has 1 unspecified atom stereocenters. The van der Waals surface area contributed by atoms with Crippen molar-refractivity contribution in [3.05, 3.63) is 98.7 Å². The summed E-state index contributed by atoms with van der Waals surface area (Å²) >= 11 is 0. The summed E-state index contributed by atoms with van der Waals surface area (Å²) < 4.78 is 36.7. The molecule has 10 nitrogen and oxygen atoms in total. The van der Waals surface area contributed by atoms with Crippen molar-refractivity contribution in [1.82, 2.24) is 9.47 Å². The number of nitrogen functional groups attached to an aromatic ring is 1. The number of benzene rings is 3. The summed E-state index contributed by atoms with van der Waals surface area (Å²) in [4.78, 5) is 40.2. The number of anilines is 2. The molecule has 0 spiro atoms. The number of nitroso groups, excluding NO2 is 1. The third kappa shape index (κ3) is 5.46. The minimum Gasteiger partial charge on any atom is -0.497 e. The number of halogens is 2. The molecule has 3 N–H and O–H groups in total. The average molecular weight is 564 g/mol. The number of carboxylic acids is 1. The molecule has 0 aliphatic carbocycles. The Morgan fingerprint density at radius 1 is 1.02 bits per heavy atom. The SMILES string of the molecule is COc1ccc(C(CN2CCN(c3cc4c(cc3F)c(=O)c(C(=O)O)cn4-c3ccc(N)cc3F)CC2)N=O)cc1. The Morgan fingerprint density at radius 2 is 1.71 bits per heavy atom. The number of nitrogens with two attached hydrogens (primary N) is 1. The number of carbonyl (C=O) groups is 1. The van der Waals surface area contributed by atoms with Gasteiger partial charge in [0.25, 0.3) is 0 Å². The molecule has 5 rings (SSSR count). The number of rotatable bonds is 8. The van der Waals surface area contributed by atoms with Crippen LogP contribution in [0.2, 0.25) is 0 Å². The maximum Gasteiger partial charge on any atom is 0.341 e. The summed E-state index contributed by atoms with van der Waals surface area (Å²) in [6, 6.07) is 12.8. The number of hydrogen-bond acceptors (Lipinski definition) is 8. The van der Waals surface area contributed by atoms with E-state index in [1.807, 2.05) is 0 Å². The van der Waals surface area contributed by atoms with Gasteiger partial charge < -0.3 is 25.0 Å². The first kappa shape index (κ1) is 27.7. The Morgan fingerprint density at radius 3 is 2.32 bits per heavy atom. The first-order chi connectivity index (χ1) is 19.7. The van der Waals surface area contributed by atoms with Crippen molar-refractivity contribution >= 4 is 28.2 Å². The van der Waals surface area contributed by atoms with Crippen molar-refractivity contribution in [2.45, 2.75) is 6.04 Å². The Hall–Kier alpha value is -4.84. The van der Waals surface area contributed by atoms with Gasteiger partial charge in [0, 0.05) is 50.0 Å². The van der Waals surface area contributed by atoms with Crippen LogP contribution >= 0.6 is 0 Å². The van der Waals surface area contributed by atoms with Crippen LogP contribution in [0.5, 0.6) is 5.75 Å². The van der Waals surface area contributed by atoms with Crippen molar-refractivity contribution in [1.29, 1.82) is 0 Å². The van der Waals surface area contributed by atoms with Crippen LogP contribution in [0, 0.1) is 16.5 Å². The molecule has 0 amide bonds. The number of ether oxygens (including phenoxy) is 1. The second-order valence-corrected chi connectivity index (χ2v) is 9.76. The molecular formula is C29H27F2N5O5. The Balaban J connectivity index is 1.44. The summed E-state index contributed by atoms with van der Waals surface area (Å²) in [7, 11) is 1.56. The van der Waals surface area contributed by atoms with E-state index in [0.29, 0.717) is 38.5 Å². The normalized spacial score (nSPS) is 14.7. The Bertz CT molecular complexity index is 1680. The van der Waals surface area contributed by atoms with E-state index in [2.05, 4.69) is 10.1 Å². The molecular weight excluding hydrogens is 536 g/mol. The molecule has 1 aliphatic heterocycles. The minimum absolute atomic E-state index is 0.0417. The lowest BCUT2D eigenvalue weighted by Crippen LogP contribution is -2.47. The van der Waals surface area contributed by atoms with Gasteiger partial charge in [0.05, 0.1) is 24.0 Å². The number of carboxylic acid groups (broad SMARTS) is 1. The van der Waals surface area contributed by atoms with Gasteiger partial charge in [-0.15, -0.1) is 0 Å². The van der Waals surface area contributed by atoms with Crippen LogP contribution < -0.4 is 20.8 Å². The lowest BCUT2D eigenvalue weighted by Gasteiger charge is -2.37. The molecule has 2 heterocycles. The lowest BCUT2D eigenvalue weighted by molar-refractivity contribution is 0.0695. The van der Waals surface area contributed by atoms with Gasteiger partial charge in [0.1, 0.15) is 29.0 Å². The molecule has 3 aromatic carbocycles. The fourth-order valence-electron chi connectivity index (χ4n) is 5.09. The summed E-state index contributed by atoms with van der Waals surface area (Å²) in [5.74, 6) is -2.28. The van der Waals surface area contributed by atoms with Crippen LogP contribution in [-0.2, 0) is 0 Å². The zero-order valence-electron chi connectivity index (χ0n) is 22.1. The summed E-state index contributed by atoms with van der Waals surface area (Å²) in [5.41, 5.74) is 5.40. The van der Waals surface area contributed by atoms with E-state index in [9.17, 15) is 24.0 Å². The van der Waals surface area contributed by atoms with E-state index in [1.165, 1.54) is 22.8 Å². The van der Waals surface area contributed by atoms with Gasteiger partial charge in [-0.05, 0) is 48.0 Å². The summed E-state index contributed by atoms with van der Waals surface area (Å²) in [6.07, 6.45) is 1.03. The number of aromatic carboxylic acids is 1. The van der Waals surface area contributed by atoms with E-state index in [1.54, 1.807) is 36.3 Å². The topological polar surface area (TPSA) is 130 Å². The first-order valence-electron chi connectivity index (χ1n) is 12.8. The number of hydrogen-bond donors (Lipinski definition) is 2. The first-order valence-corrected chi connectivity index (χ1v) is 12.8. The van der Waals surface area contributed by atoms with Crippen LogP contribution in [0.3, 0.4) is 0 Å². The number of pyridine rings is 1. The number of methoxy groups -OCH3 is 1. The summed E-state index contributed by atoms with van der Waals surface area (Å²) in [6.45, 7) is 2.22. The molecule has 1 aromatic heterocycles. The zero-order chi connectivity index (χ0) is 29.3. The molecule has 1 fully saturated rings. The van der Waals surface area contributed by atoms with Crippen molar-refractivity contribution in [3.8, 4) is 11.4 Å². The fourth-order valence-corrected chi connectivity index (χ4v) is 5.09. The van der Waals surface area contributed by atoms with E-state index in [4.69, 9.17) is 10.5 Å². The van der Waals surface area contributed by atoms with Crippen molar-refractivity contribution < 1.29 is 23.4 Å². The molecule has 41 heavy (non-hydrogen) atoms. The molecule has 1 aliphatic rings. The third-order valence-electron chi connectivity index (χ3n) is 7.31. The van der Waals surface area contributed by atoms with Crippen LogP contribution in [0.4, 0.5) is 20.2 Å². The highest BCUT2D eigenvalue weighted by Crippen LogP contribution is 2.30. The molecule has 0 radical (unpaired) electrons. The largest absolute Gasteiger partial charge is 0.497 e. The van der Waals surface area contributed by atoms with Crippen molar-refractivity contribution in [2.75, 3.05) is 50.5 Å². The van der Waals surface area contributed by atoms with E-state index < -0.39 is 34.6 Å². The van der Waals surface area contributed by atoms with Crippen LogP contribution in [0.1, 0.15) is 22.0 Å². The van der Waals surface area contributed by atoms with E-state index in [-0.39, 0.29) is 28.0 Å².